The Bertz CT molecular complexity index is 1190. The number of anilines is 1. The van der Waals surface area contributed by atoms with E-state index < -0.39 is 10.0 Å². The third-order valence-corrected chi connectivity index (χ3v) is 9.16. The SMILES string of the molecule is CCc1cc(C(=O)Nc2ccc(S(=O)(=O)N3CCCCC3C)cc2)sc1-c1ccccc1. The Morgan fingerprint density at radius 3 is 2.47 bits per heavy atom. The molecule has 3 aromatic rings. The molecule has 5 nitrogen and oxygen atoms in total. The van der Waals surface area contributed by atoms with Crippen LogP contribution in [0.4, 0.5) is 5.69 Å². The van der Waals surface area contributed by atoms with E-state index in [1.54, 1.807) is 28.6 Å². The summed E-state index contributed by atoms with van der Waals surface area (Å²) in [6, 6.07) is 18.5. The summed E-state index contributed by atoms with van der Waals surface area (Å²) in [6.45, 7) is 4.60. The number of carbonyl (C=O) groups is 1. The van der Waals surface area contributed by atoms with Crippen molar-refractivity contribution in [3.63, 3.8) is 0 Å². The maximum atomic E-state index is 13.0. The van der Waals surface area contributed by atoms with Crippen LogP contribution < -0.4 is 5.32 Å². The first kappa shape index (κ1) is 22.7. The molecule has 7 heteroatoms. The fourth-order valence-electron chi connectivity index (χ4n) is 4.10. The first-order chi connectivity index (χ1) is 15.4. The summed E-state index contributed by atoms with van der Waals surface area (Å²) in [7, 11) is -3.52. The van der Waals surface area contributed by atoms with Gasteiger partial charge in [-0.1, -0.05) is 43.7 Å². The predicted octanol–water partition coefficient (Wildman–Crippen LogP) is 5.79. The fourth-order valence-corrected chi connectivity index (χ4v) is 6.96. The summed E-state index contributed by atoms with van der Waals surface area (Å²) in [5, 5.41) is 2.90. The summed E-state index contributed by atoms with van der Waals surface area (Å²) in [5.41, 5.74) is 2.83. The maximum absolute atomic E-state index is 13.0. The molecule has 1 fully saturated rings. The normalized spacial score (nSPS) is 17.2. The molecule has 1 N–H and O–H groups in total. The molecule has 1 unspecified atom stereocenters. The van der Waals surface area contributed by atoms with E-state index in [9.17, 15) is 13.2 Å². The number of hydrogen-bond acceptors (Lipinski definition) is 4. The molecule has 32 heavy (non-hydrogen) atoms. The van der Waals surface area contributed by atoms with Gasteiger partial charge in [-0.3, -0.25) is 4.79 Å². The van der Waals surface area contributed by atoms with Crippen LogP contribution in [0.1, 0.15) is 48.3 Å². The number of carbonyl (C=O) groups excluding carboxylic acids is 1. The van der Waals surface area contributed by atoms with Crippen LogP contribution in [0.15, 0.2) is 65.6 Å². The molecular weight excluding hydrogens is 440 g/mol. The molecule has 4 rings (SSSR count). The van der Waals surface area contributed by atoms with Gasteiger partial charge in [0.25, 0.3) is 5.91 Å². The van der Waals surface area contributed by atoms with Crippen molar-refractivity contribution in [1.29, 1.82) is 0 Å². The van der Waals surface area contributed by atoms with Gasteiger partial charge in [-0.25, -0.2) is 8.42 Å². The lowest BCUT2D eigenvalue weighted by Gasteiger charge is -2.32. The van der Waals surface area contributed by atoms with E-state index in [0.717, 1.165) is 41.7 Å². The van der Waals surface area contributed by atoms with Crippen LogP contribution in [0.2, 0.25) is 0 Å². The Balaban J connectivity index is 1.50. The molecule has 1 amide bonds. The van der Waals surface area contributed by atoms with Crippen molar-refractivity contribution in [2.75, 3.05) is 11.9 Å². The van der Waals surface area contributed by atoms with Crippen LogP contribution in [0.5, 0.6) is 0 Å². The molecule has 1 aromatic heterocycles. The first-order valence-electron chi connectivity index (χ1n) is 11.0. The van der Waals surface area contributed by atoms with Gasteiger partial charge in [0, 0.05) is 23.2 Å². The third kappa shape index (κ3) is 4.65. The highest BCUT2D eigenvalue weighted by molar-refractivity contribution is 7.89. The van der Waals surface area contributed by atoms with Crippen LogP contribution in [-0.4, -0.2) is 31.2 Å². The van der Waals surface area contributed by atoms with Crippen molar-refractivity contribution in [3.8, 4) is 10.4 Å². The highest BCUT2D eigenvalue weighted by Gasteiger charge is 2.30. The van der Waals surface area contributed by atoms with Gasteiger partial charge in [-0.15, -0.1) is 11.3 Å². The second-order valence-electron chi connectivity index (χ2n) is 8.12. The minimum absolute atomic E-state index is 0.0125. The number of benzene rings is 2. The van der Waals surface area contributed by atoms with E-state index in [-0.39, 0.29) is 16.8 Å². The van der Waals surface area contributed by atoms with Crippen LogP contribution in [0.3, 0.4) is 0 Å². The van der Waals surface area contributed by atoms with Crippen molar-refractivity contribution < 1.29 is 13.2 Å². The monoisotopic (exact) mass is 468 g/mol. The van der Waals surface area contributed by atoms with Crippen molar-refractivity contribution in [1.82, 2.24) is 4.31 Å². The zero-order valence-corrected chi connectivity index (χ0v) is 20.0. The number of amides is 1. The van der Waals surface area contributed by atoms with E-state index in [4.69, 9.17) is 0 Å². The number of nitrogens with one attached hydrogen (secondary N) is 1. The molecule has 2 heterocycles. The average Bonchev–Trinajstić information content (AvgIpc) is 3.25. The summed E-state index contributed by atoms with van der Waals surface area (Å²) in [4.78, 5) is 14.9. The molecule has 1 aliphatic rings. The van der Waals surface area contributed by atoms with Crippen LogP contribution in [0, 0.1) is 0 Å². The van der Waals surface area contributed by atoms with Gasteiger partial charge in [0.05, 0.1) is 9.77 Å². The molecule has 1 saturated heterocycles. The molecule has 1 atom stereocenters. The standard InChI is InChI=1S/C25H28N2O3S2/c1-3-19-17-23(31-24(19)20-10-5-4-6-11-20)25(28)26-21-12-14-22(15-13-21)32(29,30)27-16-8-7-9-18(27)2/h4-6,10-15,17-18H,3,7-9,16H2,1-2H3,(H,26,28). The predicted molar refractivity (Wildman–Crippen MR) is 131 cm³/mol. The van der Waals surface area contributed by atoms with Crippen molar-refractivity contribution in [2.45, 2.75) is 50.5 Å². The highest BCUT2D eigenvalue weighted by atomic mass is 32.2. The van der Waals surface area contributed by atoms with Crippen molar-refractivity contribution in [2.24, 2.45) is 0 Å². The minimum atomic E-state index is -3.52. The number of aryl methyl sites for hydroxylation is 1. The lowest BCUT2D eigenvalue weighted by Crippen LogP contribution is -2.41. The Labute approximate surface area is 194 Å². The van der Waals surface area contributed by atoms with Crippen LogP contribution >= 0.6 is 11.3 Å². The van der Waals surface area contributed by atoms with Gasteiger partial charge < -0.3 is 5.32 Å². The third-order valence-electron chi connectivity index (χ3n) is 5.91. The molecule has 0 bridgehead atoms. The summed E-state index contributed by atoms with van der Waals surface area (Å²) in [5.74, 6) is -0.188. The Hall–Kier alpha value is -2.48. The van der Waals surface area contributed by atoms with Gasteiger partial charge in [0.1, 0.15) is 0 Å². The zero-order chi connectivity index (χ0) is 22.7. The van der Waals surface area contributed by atoms with E-state index >= 15 is 0 Å². The smallest absolute Gasteiger partial charge is 0.265 e. The van der Waals surface area contributed by atoms with Gasteiger partial charge >= 0.3 is 0 Å². The molecule has 0 radical (unpaired) electrons. The first-order valence-corrected chi connectivity index (χ1v) is 13.3. The van der Waals surface area contributed by atoms with E-state index in [0.29, 0.717) is 17.1 Å². The van der Waals surface area contributed by atoms with Gasteiger partial charge in [-0.05, 0) is 67.6 Å². The van der Waals surface area contributed by atoms with Crippen LogP contribution in [0.25, 0.3) is 10.4 Å². The quantitative estimate of drug-likeness (QED) is 0.498. The van der Waals surface area contributed by atoms with Crippen molar-refractivity contribution in [3.05, 3.63) is 71.1 Å². The molecule has 0 saturated carbocycles. The zero-order valence-electron chi connectivity index (χ0n) is 18.4. The summed E-state index contributed by atoms with van der Waals surface area (Å²) < 4.78 is 27.6. The van der Waals surface area contributed by atoms with E-state index in [2.05, 4.69) is 24.4 Å². The molecular formula is C25H28N2O3S2. The van der Waals surface area contributed by atoms with Crippen molar-refractivity contribution >= 4 is 33.0 Å². The van der Waals surface area contributed by atoms with Gasteiger partial charge in [0.15, 0.2) is 0 Å². The number of sulfonamides is 1. The number of thiophene rings is 1. The molecule has 0 spiro atoms. The molecule has 2 aromatic carbocycles. The lowest BCUT2D eigenvalue weighted by molar-refractivity contribution is 0.103. The second kappa shape index (κ2) is 9.57. The maximum Gasteiger partial charge on any atom is 0.265 e. The number of nitrogens with zero attached hydrogens (tertiary/aromatic N) is 1. The minimum Gasteiger partial charge on any atom is -0.321 e. The number of rotatable bonds is 6. The van der Waals surface area contributed by atoms with Crippen LogP contribution in [-0.2, 0) is 16.4 Å². The van der Waals surface area contributed by atoms with E-state index in [1.165, 1.54) is 11.3 Å². The molecule has 1 aliphatic heterocycles. The highest BCUT2D eigenvalue weighted by Crippen LogP contribution is 2.34. The fraction of sp³-hybridized carbons (Fsp3) is 0.320. The Morgan fingerprint density at radius 1 is 1.09 bits per heavy atom. The average molecular weight is 469 g/mol. The van der Waals surface area contributed by atoms with E-state index in [1.807, 2.05) is 31.2 Å². The number of piperidine rings is 1. The second-order valence-corrected chi connectivity index (χ2v) is 11.1. The largest absolute Gasteiger partial charge is 0.321 e. The number of hydrogen-bond donors (Lipinski definition) is 1. The lowest BCUT2D eigenvalue weighted by atomic mass is 10.1. The topological polar surface area (TPSA) is 66.5 Å². The molecule has 168 valence electrons. The molecule has 0 aliphatic carbocycles. The Morgan fingerprint density at radius 2 is 1.81 bits per heavy atom. The summed E-state index contributed by atoms with van der Waals surface area (Å²) in [6.07, 6.45) is 3.68. The van der Waals surface area contributed by atoms with Gasteiger partial charge in [0.2, 0.25) is 10.0 Å². The Kier molecular flexibility index (Phi) is 6.79. The summed E-state index contributed by atoms with van der Waals surface area (Å²) >= 11 is 1.48. The van der Waals surface area contributed by atoms with Gasteiger partial charge in [-0.2, -0.15) is 4.31 Å².